The third kappa shape index (κ3) is 4.51. The zero-order valence-electron chi connectivity index (χ0n) is 13.7. The van der Waals surface area contributed by atoms with Crippen LogP contribution in [0.15, 0.2) is 54.6 Å². The quantitative estimate of drug-likeness (QED) is 0.822. The first-order chi connectivity index (χ1) is 12.1. The lowest BCUT2D eigenvalue weighted by Gasteiger charge is -2.22. The number of amides is 2. The molecule has 0 atom stereocenters. The monoisotopic (exact) mass is 358 g/mol. The van der Waals surface area contributed by atoms with Gasteiger partial charge in [-0.2, -0.15) is 0 Å². The number of carbonyl (C=O) groups excluding carboxylic acids is 2. The van der Waals surface area contributed by atoms with Crippen LogP contribution in [0.4, 0.5) is 4.79 Å². The Balaban J connectivity index is 1.60. The van der Waals surface area contributed by atoms with Gasteiger partial charge in [-0.05, 0) is 36.8 Å². The molecule has 0 N–H and O–H groups in total. The van der Waals surface area contributed by atoms with E-state index in [2.05, 4.69) is 0 Å². The summed E-state index contributed by atoms with van der Waals surface area (Å²) in [6, 6.07) is 15.9. The van der Waals surface area contributed by atoms with Gasteiger partial charge in [-0.15, -0.1) is 0 Å². The van der Waals surface area contributed by atoms with Gasteiger partial charge in [0.2, 0.25) is 0 Å². The fraction of sp³-hybridized carbons (Fsp3) is 0.263. The summed E-state index contributed by atoms with van der Waals surface area (Å²) in [5, 5.41) is 0.536. The highest BCUT2D eigenvalue weighted by molar-refractivity contribution is 6.30. The molecule has 5 nitrogen and oxygen atoms in total. The van der Waals surface area contributed by atoms with Gasteiger partial charge in [-0.1, -0.05) is 35.9 Å². The van der Waals surface area contributed by atoms with E-state index in [-0.39, 0.29) is 12.0 Å². The number of nitrogens with zero attached hydrogens (tertiary/aromatic N) is 2. The zero-order valence-corrected chi connectivity index (χ0v) is 14.5. The molecule has 0 aliphatic carbocycles. The predicted molar refractivity (Wildman–Crippen MR) is 96.0 cm³/mol. The largest absolute Gasteiger partial charge is 0.415 e. The average molecular weight is 359 g/mol. The molecule has 2 amide bonds. The van der Waals surface area contributed by atoms with Crippen LogP contribution in [0.3, 0.4) is 0 Å². The summed E-state index contributed by atoms with van der Waals surface area (Å²) in [4.78, 5) is 28.3. The van der Waals surface area contributed by atoms with Crippen molar-refractivity contribution in [2.75, 3.05) is 26.2 Å². The lowest BCUT2D eigenvalue weighted by atomic mass is 10.2. The van der Waals surface area contributed by atoms with Gasteiger partial charge in [0.25, 0.3) is 5.91 Å². The van der Waals surface area contributed by atoms with Crippen molar-refractivity contribution in [1.82, 2.24) is 9.80 Å². The molecular weight excluding hydrogens is 340 g/mol. The Morgan fingerprint density at radius 3 is 2.36 bits per heavy atom. The van der Waals surface area contributed by atoms with Crippen molar-refractivity contribution in [2.45, 2.75) is 6.42 Å². The third-order valence-corrected chi connectivity index (χ3v) is 4.30. The first-order valence-corrected chi connectivity index (χ1v) is 8.58. The van der Waals surface area contributed by atoms with E-state index in [4.69, 9.17) is 16.3 Å². The number of hydrogen-bond acceptors (Lipinski definition) is 3. The molecule has 130 valence electrons. The molecule has 1 aliphatic rings. The van der Waals surface area contributed by atoms with E-state index in [0.717, 1.165) is 0 Å². The van der Waals surface area contributed by atoms with Gasteiger partial charge < -0.3 is 14.5 Å². The summed E-state index contributed by atoms with van der Waals surface area (Å²) in [6.07, 6.45) is 0.319. The maximum absolute atomic E-state index is 12.6. The second kappa shape index (κ2) is 8.03. The molecule has 1 saturated heterocycles. The van der Waals surface area contributed by atoms with Crippen molar-refractivity contribution >= 4 is 23.6 Å². The highest BCUT2D eigenvalue weighted by Gasteiger charge is 2.24. The van der Waals surface area contributed by atoms with Gasteiger partial charge in [0.05, 0.1) is 0 Å². The summed E-state index contributed by atoms with van der Waals surface area (Å²) in [5.41, 5.74) is 0.563. The van der Waals surface area contributed by atoms with Gasteiger partial charge in [0.15, 0.2) is 0 Å². The number of benzene rings is 2. The van der Waals surface area contributed by atoms with Crippen LogP contribution in [0.2, 0.25) is 5.02 Å². The Kier molecular flexibility index (Phi) is 5.56. The molecule has 0 saturated carbocycles. The third-order valence-electron chi connectivity index (χ3n) is 4.06. The van der Waals surface area contributed by atoms with Crippen LogP contribution in [0.25, 0.3) is 0 Å². The topological polar surface area (TPSA) is 49.9 Å². The van der Waals surface area contributed by atoms with E-state index >= 15 is 0 Å². The van der Waals surface area contributed by atoms with Crippen LogP contribution in [0, 0.1) is 0 Å². The number of ether oxygens (including phenoxy) is 1. The Morgan fingerprint density at radius 1 is 0.880 bits per heavy atom. The first-order valence-electron chi connectivity index (χ1n) is 8.20. The van der Waals surface area contributed by atoms with Gasteiger partial charge >= 0.3 is 6.09 Å². The molecule has 2 aromatic carbocycles. The van der Waals surface area contributed by atoms with E-state index in [1.165, 1.54) is 0 Å². The fourth-order valence-electron chi connectivity index (χ4n) is 2.76. The van der Waals surface area contributed by atoms with E-state index in [9.17, 15) is 9.59 Å². The molecule has 0 radical (unpaired) electrons. The molecule has 25 heavy (non-hydrogen) atoms. The van der Waals surface area contributed by atoms with Crippen molar-refractivity contribution < 1.29 is 14.3 Å². The maximum atomic E-state index is 12.6. The van der Waals surface area contributed by atoms with E-state index < -0.39 is 0 Å². The number of hydrogen-bond donors (Lipinski definition) is 0. The van der Waals surface area contributed by atoms with Crippen molar-refractivity contribution in [3.05, 3.63) is 65.2 Å². The number of halogens is 1. The molecule has 1 aliphatic heterocycles. The molecule has 0 unspecified atom stereocenters. The normalized spacial score (nSPS) is 14.8. The number of rotatable bonds is 2. The summed E-state index contributed by atoms with van der Waals surface area (Å²) >= 11 is 5.96. The van der Waals surface area contributed by atoms with Gasteiger partial charge in [-0.25, -0.2) is 4.79 Å². The highest BCUT2D eigenvalue weighted by atomic mass is 35.5. The van der Waals surface area contributed by atoms with Crippen molar-refractivity contribution in [1.29, 1.82) is 0 Å². The lowest BCUT2D eigenvalue weighted by Crippen LogP contribution is -2.38. The second-order valence-corrected chi connectivity index (χ2v) is 6.26. The smallest absolute Gasteiger partial charge is 0.410 e. The van der Waals surface area contributed by atoms with Crippen LogP contribution in [-0.2, 0) is 0 Å². The molecule has 0 bridgehead atoms. The summed E-state index contributed by atoms with van der Waals surface area (Å²) < 4.78 is 5.37. The average Bonchev–Trinajstić information content (AvgIpc) is 2.88. The number of para-hydroxylation sites is 1. The van der Waals surface area contributed by atoms with E-state index in [1.54, 1.807) is 46.2 Å². The Labute approximate surface area is 151 Å². The van der Waals surface area contributed by atoms with Gasteiger partial charge in [0.1, 0.15) is 5.75 Å². The van der Waals surface area contributed by atoms with Crippen LogP contribution in [0.5, 0.6) is 5.75 Å². The molecule has 2 aromatic rings. The summed E-state index contributed by atoms with van der Waals surface area (Å²) in [6.45, 7) is 2.07. The zero-order chi connectivity index (χ0) is 17.6. The molecule has 1 heterocycles. The lowest BCUT2D eigenvalue weighted by molar-refractivity contribution is 0.0760. The number of carbonyl (C=O) groups is 2. The molecule has 0 spiro atoms. The van der Waals surface area contributed by atoms with Crippen molar-refractivity contribution in [3.63, 3.8) is 0 Å². The standard InChI is InChI=1S/C19H19ClN2O3/c20-16-7-4-6-15(14-16)18(23)21-10-5-11-22(13-12-21)19(24)25-17-8-2-1-3-9-17/h1-4,6-9,14H,5,10-13H2. The van der Waals surface area contributed by atoms with Crippen molar-refractivity contribution in [2.24, 2.45) is 0 Å². The Hall–Kier alpha value is -2.53. The Bertz CT molecular complexity index is 751. The summed E-state index contributed by atoms with van der Waals surface area (Å²) in [7, 11) is 0. The predicted octanol–water partition coefficient (Wildman–Crippen LogP) is 3.69. The maximum Gasteiger partial charge on any atom is 0.415 e. The first kappa shape index (κ1) is 17.3. The molecule has 6 heteroatoms. The van der Waals surface area contributed by atoms with Gasteiger partial charge in [-0.3, -0.25) is 4.79 Å². The second-order valence-electron chi connectivity index (χ2n) is 5.82. The van der Waals surface area contributed by atoms with Crippen LogP contribution >= 0.6 is 11.6 Å². The Morgan fingerprint density at radius 2 is 1.60 bits per heavy atom. The molecule has 1 fully saturated rings. The molecule has 3 rings (SSSR count). The van der Waals surface area contributed by atoms with E-state index in [1.807, 2.05) is 18.2 Å². The summed E-state index contributed by atoms with van der Waals surface area (Å²) in [5.74, 6) is 0.449. The van der Waals surface area contributed by atoms with Crippen molar-refractivity contribution in [3.8, 4) is 5.75 Å². The molecular formula is C19H19ClN2O3. The highest BCUT2D eigenvalue weighted by Crippen LogP contribution is 2.15. The molecule has 0 aromatic heterocycles. The minimum absolute atomic E-state index is 0.0687. The van der Waals surface area contributed by atoms with Crippen LogP contribution in [0.1, 0.15) is 16.8 Å². The van der Waals surface area contributed by atoms with Crippen LogP contribution in [-0.4, -0.2) is 48.0 Å². The van der Waals surface area contributed by atoms with Gasteiger partial charge in [0, 0.05) is 36.8 Å². The SMILES string of the molecule is O=C(Oc1ccccc1)N1CCCN(C(=O)c2cccc(Cl)c2)CC1. The minimum Gasteiger partial charge on any atom is -0.410 e. The minimum atomic E-state index is -0.386. The van der Waals surface area contributed by atoms with E-state index in [0.29, 0.717) is 48.9 Å². The fourth-order valence-corrected chi connectivity index (χ4v) is 2.95. The van der Waals surface area contributed by atoms with Crippen LogP contribution < -0.4 is 4.74 Å².